The molecule has 28 heavy (non-hydrogen) atoms. The van der Waals surface area contributed by atoms with Crippen LogP contribution in [0.3, 0.4) is 0 Å². The summed E-state index contributed by atoms with van der Waals surface area (Å²) in [6.45, 7) is 4.95. The minimum Gasteiger partial charge on any atom is -0.310 e. The number of hydrogen-bond donors (Lipinski definition) is 0. The van der Waals surface area contributed by atoms with Gasteiger partial charge in [0.25, 0.3) is 0 Å². The Morgan fingerprint density at radius 3 is 2.39 bits per heavy atom. The van der Waals surface area contributed by atoms with E-state index in [0.29, 0.717) is 24.0 Å². The van der Waals surface area contributed by atoms with Gasteiger partial charge < -0.3 is 4.18 Å². The zero-order valence-corrected chi connectivity index (χ0v) is 20.5. The second-order valence-electron chi connectivity index (χ2n) is 7.15. The van der Waals surface area contributed by atoms with E-state index in [1.807, 2.05) is 37.3 Å². The molecule has 0 amide bonds. The fraction of sp³-hybridized carbons (Fsp3) is 0.400. The van der Waals surface area contributed by atoms with E-state index < -0.39 is 10.0 Å². The van der Waals surface area contributed by atoms with E-state index in [0.717, 1.165) is 12.0 Å². The van der Waals surface area contributed by atoms with Crippen LogP contribution in [0.15, 0.2) is 59.5 Å². The van der Waals surface area contributed by atoms with Crippen molar-refractivity contribution in [2.45, 2.75) is 37.1 Å². The SMILES string of the molecule is Cc1ccc(S(=O)(=O)N2C[C@H](C)[C@@H](c3ccccc3)C[C@H]2COSP)cc1.[Ti]. The molecule has 0 aliphatic carbocycles. The minimum absolute atomic E-state index is 0. The van der Waals surface area contributed by atoms with Crippen molar-refractivity contribution in [1.82, 2.24) is 4.31 Å². The van der Waals surface area contributed by atoms with Crippen LogP contribution in [-0.4, -0.2) is 31.9 Å². The smallest absolute Gasteiger partial charge is 0.243 e. The van der Waals surface area contributed by atoms with Crippen molar-refractivity contribution in [2.24, 2.45) is 5.92 Å². The van der Waals surface area contributed by atoms with Crippen molar-refractivity contribution >= 4 is 30.1 Å². The molecule has 1 heterocycles. The van der Waals surface area contributed by atoms with Gasteiger partial charge in [0.05, 0.1) is 17.5 Å². The van der Waals surface area contributed by atoms with Gasteiger partial charge in [0.2, 0.25) is 10.0 Å². The van der Waals surface area contributed by atoms with Crippen molar-refractivity contribution in [1.29, 1.82) is 0 Å². The molecule has 4 nitrogen and oxygen atoms in total. The summed E-state index contributed by atoms with van der Waals surface area (Å²) in [5.41, 5.74) is 2.31. The van der Waals surface area contributed by atoms with E-state index in [9.17, 15) is 8.42 Å². The summed E-state index contributed by atoms with van der Waals surface area (Å²) in [7, 11) is -1.11. The molecule has 1 fully saturated rings. The average molecular weight is 471 g/mol. The molecule has 2 aromatic carbocycles. The summed E-state index contributed by atoms with van der Waals surface area (Å²) in [6, 6.07) is 17.3. The van der Waals surface area contributed by atoms with Crippen molar-refractivity contribution < 1.29 is 34.3 Å². The fourth-order valence-corrected chi connectivity index (χ4v) is 5.97. The molecule has 0 aromatic heterocycles. The standard InChI is InChI=1S/C20H26NO3PS2.Ti/c1-15-8-10-19(11-9-15)27(22,23)21-13-16(2)20(12-18(21)14-24-26-25)17-6-4-3-5-7-17;/h3-11,16,18,20H,12-14,25H2,1-2H3;/t16-,18-,20-;/m0./s1. The van der Waals surface area contributed by atoms with Crippen LogP contribution in [0.2, 0.25) is 0 Å². The molecule has 1 aliphatic rings. The van der Waals surface area contributed by atoms with Crippen molar-refractivity contribution in [3.8, 4) is 0 Å². The second-order valence-corrected chi connectivity index (χ2v) is 10.0. The molecular weight excluding hydrogens is 445 g/mol. The first-order valence-electron chi connectivity index (χ1n) is 9.05. The molecule has 8 heteroatoms. The van der Waals surface area contributed by atoms with Gasteiger partial charge in [-0.3, -0.25) is 0 Å². The molecule has 0 spiro atoms. The molecule has 0 saturated carbocycles. The summed E-state index contributed by atoms with van der Waals surface area (Å²) in [4.78, 5) is 0.349. The number of rotatable bonds is 6. The van der Waals surface area contributed by atoms with Gasteiger partial charge in [-0.2, -0.15) is 4.31 Å². The molecular formula is C20H26NO3PS2Ti. The van der Waals surface area contributed by atoms with Crippen molar-refractivity contribution in [3.63, 3.8) is 0 Å². The van der Waals surface area contributed by atoms with E-state index in [2.05, 4.69) is 27.5 Å². The summed E-state index contributed by atoms with van der Waals surface area (Å²) in [6.07, 6.45) is 0.751. The Kier molecular flexibility index (Phi) is 9.22. The normalized spacial score (nSPS) is 23.2. The molecule has 0 bridgehead atoms. The van der Waals surface area contributed by atoms with E-state index in [4.69, 9.17) is 4.18 Å². The molecule has 0 radical (unpaired) electrons. The van der Waals surface area contributed by atoms with E-state index in [-0.39, 0.29) is 33.7 Å². The van der Waals surface area contributed by atoms with Crippen LogP contribution >= 0.6 is 20.1 Å². The predicted octanol–water partition coefficient (Wildman–Crippen LogP) is 4.63. The molecule has 150 valence electrons. The van der Waals surface area contributed by atoms with Gasteiger partial charge in [-0.05, 0) is 51.3 Å². The Bertz CT molecular complexity index is 850. The van der Waals surface area contributed by atoms with Crippen LogP contribution in [0.1, 0.15) is 30.4 Å². The third kappa shape index (κ3) is 5.48. The van der Waals surface area contributed by atoms with Gasteiger partial charge in [0.1, 0.15) is 0 Å². The maximum atomic E-state index is 13.3. The molecule has 1 aliphatic heterocycles. The minimum atomic E-state index is -3.56. The number of benzene rings is 2. The number of piperidine rings is 1. The summed E-state index contributed by atoms with van der Waals surface area (Å²) < 4.78 is 33.8. The maximum absolute atomic E-state index is 13.3. The summed E-state index contributed by atoms with van der Waals surface area (Å²) >= 11 is 1.20. The van der Waals surface area contributed by atoms with Gasteiger partial charge >= 0.3 is 0 Å². The summed E-state index contributed by atoms with van der Waals surface area (Å²) in [5, 5.41) is 0. The van der Waals surface area contributed by atoms with Crippen molar-refractivity contribution in [3.05, 3.63) is 65.7 Å². The molecule has 4 atom stereocenters. The van der Waals surface area contributed by atoms with Gasteiger partial charge in [0, 0.05) is 39.9 Å². The van der Waals surface area contributed by atoms with Crippen LogP contribution in [0, 0.1) is 12.8 Å². The number of aryl methyl sites for hydroxylation is 1. The fourth-order valence-electron chi connectivity index (χ4n) is 3.78. The van der Waals surface area contributed by atoms with E-state index in [1.165, 1.54) is 17.2 Å². The Hall–Kier alpha value is -0.196. The van der Waals surface area contributed by atoms with Gasteiger partial charge in [0.15, 0.2) is 0 Å². The monoisotopic (exact) mass is 471 g/mol. The van der Waals surface area contributed by atoms with Gasteiger partial charge in [-0.15, -0.1) is 0 Å². The Labute approximate surface area is 189 Å². The van der Waals surface area contributed by atoms with Crippen LogP contribution in [0.4, 0.5) is 0 Å². The number of nitrogens with zero attached hydrogens (tertiary/aromatic N) is 1. The first-order chi connectivity index (χ1) is 12.9. The molecule has 1 saturated heterocycles. The first kappa shape index (κ1) is 24.1. The quantitative estimate of drug-likeness (QED) is 0.350. The van der Waals surface area contributed by atoms with Crippen LogP contribution < -0.4 is 0 Å². The third-order valence-corrected chi connectivity index (χ3v) is 7.88. The zero-order valence-electron chi connectivity index (χ0n) is 16.1. The largest absolute Gasteiger partial charge is 0.310 e. The van der Waals surface area contributed by atoms with Crippen molar-refractivity contribution in [2.75, 3.05) is 13.2 Å². The first-order valence-corrected chi connectivity index (χ1v) is 12.7. The summed E-state index contributed by atoms with van der Waals surface area (Å²) in [5.74, 6) is 0.548. The Balaban J connectivity index is 0.00000280. The van der Waals surface area contributed by atoms with Gasteiger partial charge in [-0.25, -0.2) is 8.42 Å². The second kappa shape index (κ2) is 10.7. The van der Waals surface area contributed by atoms with E-state index >= 15 is 0 Å². The topological polar surface area (TPSA) is 46.6 Å². The number of hydrogen-bond acceptors (Lipinski definition) is 4. The predicted molar refractivity (Wildman–Crippen MR) is 115 cm³/mol. The van der Waals surface area contributed by atoms with Crippen LogP contribution in [0.25, 0.3) is 0 Å². The average Bonchev–Trinajstić information content (AvgIpc) is 2.67. The Morgan fingerprint density at radius 1 is 1.14 bits per heavy atom. The maximum Gasteiger partial charge on any atom is 0.243 e. The third-order valence-electron chi connectivity index (χ3n) is 5.27. The van der Waals surface area contributed by atoms with E-state index in [1.54, 1.807) is 16.4 Å². The number of sulfonamides is 1. The zero-order chi connectivity index (χ0) is 19.4. The Morgan fingerprint density at radius 2 is 1.79 bits per heavy atom. The molecule has 2 aromatic rings. The molecule has 1 unspecified atom stereocenters. The molecule has 3 rings (SSSR count). The molecule has 0 N–H and O–H groups in total. The van der Waals surface area contributed by atoms with Gasteiger partial charge in [-0.1, -0.05) is 55.0 Å². The van der Waals surface area contributed by atoms with Crippen LogP contribution in [0.5, 0.6) is 0 Å². The van der Waals surface area contributed by atoms with Crippen LogP contribution in [-0.2, 0) is 35.9 Å².